The predicted molar refractivity (Wildman–Crippen MR) is 108 cm³/mol. The van der Waals surface area contributed by atoms with Gasteiger partial charge in [0.2, 0.25) is 11.8 Å². The zero-order chi connectivity index (χ0) is 20.8. The van der Waals surface area contributed by atoms with Crippen LogP contribution in [0.1, 0.15) is 5.56 Å². The van der Waals surface area contributed by atoms with E-state index >= 15 is 0 Å². The van der Waals surface area contributed by atoms with Crippen molar-refractivity contribution < 1.29 is 19.2 Å². The number of aromatic nitrogens is 1. The topological polar surface area (TPSA) is 124 Å². The standard InChI is InChI=1S/C20H18ClN3O5/c21-15-3-1-2-14(9-15)13-6-4-12(5-7-13)8-16(22-11-19(26)27)20(28)23-18-10-17(25)24-29-18/h1-7,9-10,16,22H,8,11H2,(H,23,28)(H,24,25)(H,26,27)/t16-/m0/s1. The highest BCUT2D eigenvalue weighted by molar-refractivity contribution is 6.30. The summed E-state index contributed by atoms with van der Waals surface area (Å²) in [5.41, 5.74) is 2.26. The third-order valence-electron chi connectivity index (χ3n) is 4.14. The maximum Gasteiger partial charge on any atom is 0.317 e. The van der Waals surface area contributed by atoms with Crippen LogP contribution in [-0.2, 0) is 16.0 Å². The molecule has 1 heterocycles. The van der Waals surface area contributed by atoms with Gasteiger partial charge in [-0.1, -0.05) is 48.0 Å². The van der Waals surface area contributed by atoms with Crippen molar-refractivity contribution >= 4 is 29.4 Å². The predicted octanol–water partition coefficient (Wildman–Crippen LogP) is 2.51. The summed E-state index contributed by atoms with van der Waals surface area (Å²) in [6, 6.07) is 15.2. The normalized spacial score (nSPS) is 11.8. The average Bonchev–Trinajstić information content (AvgIpc) is 3.10. The molecule has 0 aliphatic heterocycles. The van der Waals surface area contributed by atoms with E-state index in [0.29, 0.717) is 5.02 Å². The molecule has 0 aliphatic carbocycles. The van der Waals surface area contributed by atoms with Crippen molar-refractivity contribution in [2.45, 2.75) is 12.5 Å². The van der Waals surface area contributed by atoms with Crippen LogP contribution in [0.2, 0.25) is 5.02 Å². The van der Waals surface area contributed by atoms with E-state index in [-0.39, 0.29) is 12.3 Å². The number of hydrogen-bond donors (Lipinski definition) is 4. The number of hydrogen-bond acceptors (Lipinski definition) is 5. The summed E-state index contributed by atoms with van der Waals surface area (Å²) in [5.74, 6) is -1.65. The van der Waals surface area contributed by atoms with Crippen molar-refractivity contribution in [2.24, 2.45) is 0 Å². The smallest absolute Gasteiger partial charge is 0.317 e. The van der Waals surface area contributed by atoms with Gasteiger partial charge >= 0.3 is 5.97 Å². The number of carbonyl (C=O) groups is 2. The number of aliphatic carboxylic acids is 1. The Bertz CT molecular complexity index is 1060. The molecule has 0 saturated heterocycles. The fraction of sp³-hybridized carbons (Fsp3) is 0.150. The number of carboxylic acids is 1. The van der Waals surface area contributed by atoms with Crippen LogP contribution >= 0.6 is 11.6 Å². The summed E-state index contributed by atoms with van der Waals surface area (Å²) in [6.45, 7) is -0.393. The minimum Gasteiger partial charge on any atom is -0.480 e. The number of amides is 1. The molecule has 0 bridgehead atoms. The van der Waals surface area contributed by atoms with E-state index in [1.165, 1.54) is 0 Å². The van der Waals surface area contributed by atoms with Gasteiger partial charge in [-0.2, -0.15) is 5.16 Å². The minimum absolute atomic E-state index is 0.0431. The first-order valence-corrected chi connectivity index (χ1v) is 9.08. The molecule has 0 saturated carbocycles. The highest BCUT2D eigenvalue weighted by Gasteiger charge is 2.21. The van der Waals surface area contributed by atoms with Gasteiger partial charge in [0.05, 0.1) is 18.7 Å². The molecule has 150 valence electrons. The van der Waals surface area contributed by atoms with Gasteiger partial charge in [-0.05, 0) is 35.2 Å². The molecule has 1 aromatic heterocycles. The Balaban J connectivity index is 1.73. The zero-order valence-corrected chi connectivity index (χ0v) is 15.9. The number of rotatable bonds is 8. The summed E-state index contributed by atoms with van der Waals surface area (Å²) in [6.07, 6.45) is 0.240. The second kappa shape index (κ2) is 9.22. The maximum absolute atomic E-state index is 12.5. The summed E-state index contributed by atoms with van der Waals surface area (Å²) in [4.78, 5) is 34.5. The van der Waals surface area contributed by atoms with Gasteiger partial charge in [-0.3, -0.25) is 25.0 Å². The van der Waals surface area contributed by atoms with Crippen LogP contribution in [0.5, 0.6) is 0 Å². The van der Waals surface area contributed by atoms with Crippen molar-refractivity contribution in [3.8, 4) is 11.1 Å². The molecular weight excluding hydrogens is 398 g/mol. The van der Waals surface area contributed by atoms with Crippen molar-refractivity contribution in [2.75, 3.05) is 11.9 Å². The highest BCUT2D eigenvalue weighted by Crippen LogP contribution is 2.23. The fourth-order valence-corrected chi connectivity index (χ4v) is 2.95. The lowest BCUT2D eigenvalue weighted by Gasteiger charge is -2.17. The van der Waals surface area contributed by atoms with E-state index in [1.54, 1.807) is 6.07 Å². The molecule has 3 rings (SSSR count). The largest absolute Gasteiger partial charge is 0.480 e. The fourth-order valence-electron chi connectivity index (χ4n) is 2.76. The molecule has 0 spiro atoms. The minimum atomic E-state index is -1.09. The summed E-state index contributed by atoms with van der Waals surface area (Å²) in [7, 11) is 0. The second-order valence-electron chi connectivity index (χ2n) is 6.30. The Kier molecular flexibility index (Phi) is 6.48. The quantitative estimate of drug-likeness (QED) is 0.448. The van der Waals surface area contributed by atoms with Crippen LogP contribution in [0.15, 0.2) is 63.9 Å². The number of anilines is 1. The second-order valence-corrected chi connectivity index (χ2v) is 6.74. The van der Waals surface area contributed by atoms with E-state index < -0.39 is 30.0 Å². The third-order valence-corrected chi connectivity index (χ3v) is 4.37. The molecule has 2 aromatic carbocycles. The van der Waals surface area contributed by atoms with Gasteiger partial charge in [0, 0.05) is 5.02 Å². The molecule has 9 heteroatoms. The zero-order valence-electron chi connectivity index (χ0n) is 15.1. The van der Waals surface area contributed by atoms with Gasteiger partial charge in [-0.15, -0.1) is 0 Å². The molecule has 0 unspecified atom stereocenters. The van der Waals surface area contributed by atoms with Crippen molar-refractivity contribution in [1.29, 1.82) is 0 Å². The molecule has 8 nitrogen and oxygen atoms in total. The number of halogens is 1. The summed E-state index contributed by atoms with van der Waals surface area (Å²) in [5, 5.41) is 16.8. The van der Waals surface area contributed by atoms with Crippen molar-refractivity contribution in [3.63, 3.8) is 0 Å². The lowest BCUT2D eigenvalue weighted by Crippen LogP contribution is -2.44. The highest BCUT2D eigenvalue weighted by atomic mass is 35.5. The first-order chi connectivity index (χ1) is 13.9. The lowest BCUT2D eigenvalue weighted by atomic mass is 10.0. The maximum atomic E-state index is 12.5. The Morgan fingerprint density at radius 1 is 1.10 bits per heavy atom. The van der Waals surface area contributed by atoms with Crippen molar-refractivity contribution in [1.82, 2.24) is 10.5 Å². The van der Waals surface area contributed by atoms with Crippen LogP contribution in [0, 0.1) is 0 Å². The van der Waals surface area contributed by atoms with E-state index in [1.807, 2.05) is 42.5 Å². The number of aromatic amines is 1. The number of carbonyl (C=O) groups excluding carboxylic acids is 1. The van der Waals surface area contributed by atoms with E-state index in [9.17, 15) is 14.4 Å². The molecular formula is C20H18ClN3O5. The monoisotopic (exact) mass is 415 g/mol. The van der Waals surface area contributed by atoms with Crippen LogP contribution < -0.4 is 16.2 Å². The number of carboxylic acid groups (broad SMARTS) is 1. The molecule has 1 amide bonds. The third kappa shape index (κ3) is 5.81. The Labute approximate surface area is 170 Å². The van der Waals surface area contributed by atoms with Gasteiger partial charge in [0.25, 0.3) is 5.56 Å². The number of nitrogens with one attached hydrogen (secondary N) is 3. The van der Waals surface area contributed by atoms with Crippen molar-refractivity contribution in [3.05, 3.63) is 75.5 Å². The van der Waals surface area contributed by atoms with E-state index in [4.69, 9.17) is 21.2 Å². The Hall–Kier alpha value is -3.36. The molecule has 0 radical (unpaired) electrons. The molecule has 4 N–H and O–H groups in total. The molecule has 0 aliphatic rings. The first-order valence-electron chi connectivity index (χ1n) is 8.70. The average molecular weight is 416 g/mol. The number of benzene rings is 2. The van der Waals surface area contributed by atoms with Crippen LogP contribution in [0.4, 0.5) is 5.88 Å². The Morgan fingerprint density at radius 3 is 2.48 bits per heavy atom. The Morgan fingerprint density at radius 2 is 1.86 bits per heavy atom. The summed E-state index contributed by atoms with van der Waals surface area (Å²) < 4.78 is 4.81. The van der Waals surface area contributed by atoms with Gasteiger partial charge in [0.15, 0.2) is 0 Å². The van der Waals surface area contributed by atoms with E-state index in [2.05, 4.69) is 15.8 Å². The van der Waals surface area contributed by atoms with Gasteiger partial charge in [-0.25, -0.2) is 0 Å². The molecule has 29 heavy (non-hydrogen) atoms. The van der Waals surface area contributed by atoms with Crippen LogP contribution in [0.3, 0.4) is 0 Å². The van der Waals surface area contributed by atoms with Crippen LogP contribution in [-0.4, -0.2) is 34.7 Å². The molecule has 1 atom stereocenters. The molecule has 0 fully saturated rings. The molecule has 3 aromatic rings. The SMILES string of the molecule is O=C(O)CN[C@@H](Cc1ccc(-c2cccc(Cl)c2)cc1)C(=O)Nc1cc(=O)[nH]o1. The van der Waals surface area contributed by atoms with Gasteiger partial charge in [0.1, 0.15) is 0 Å². The first kappa shape index (κ1) is 20.4. The van der Waals surface area contributed by atoms with Crippen LogP contribution in [0.25, 0.3) is 11.1 Å². The van der Waals surface area contributed by atoms with Gasteiger partial charge < -0.3 is 9.63 Å². The lowest BCUT2D eigenvalue weighted by molar-refractivity contribution is -0.136. The summed E-state index contributed by atoms with van der Waals surface area (Å²) >= 11 is 6.03. The number of H-pyrrole nitrogens is 1. The van der Waals surface area contributed by atoms with E-state index in [0.717, 1.165) is 22.8 Å².